The number of hydrogen-bond acceptors (Lipinski definition) is 1. The van der Waals surface area contributed by atoms with Gasteiger partial charge in [-0.3, -0.25) is 0 Å². The summed E-state index contributed by atoms with van der Waals surface area (Å²) in [6.45, 7) is 0. The molecule has 0 fully saturated rings. The minimum absolute atomic E-state index is 0.220. The third-order valence-corrected chi connectivity index (χ3v) is 3.55. The van der Waals surface area contributed by atoms with Crippen LogP contribution in [0.5, 0.6) is 0 Å². The Hall–Kier alpha value is -1.26. The van der Waals surface area contributed by atoms with Crippen LogP contribution in [0.2, 0.25) is 0 Å². The Morgan fingerprint density at radius 3 is 3.06 bits per heavy atom. The number of fused-ring (bicyclic) bond motifs is 1. The van der Waals surface area contributed by atoms with Gasteiger partial charge >= 0.3 is 0 Å². The zero-order valence-corrected chi connectivity index (χ0v) is 9.65. The number of aryl methyl sites for hydroxylation is 1. The van der Waals surface area contributed by atoms with Crippen molar-refractivity contribution < 1.29 is 0 Å². The topological polar surface area (TPSA) is 26.0 Å². The van der Waals surface area contributed by atoms with Crippen LogP contribution in [0.15, 0.2) is 24.3 Å². The molecule has 1 aliphatic carbocycles. The summed E-state index contributed by atoms with van der Waals surface area (Å²) in [5.74, 6) is 3.19. The van der Waals surface area contributed by atoms with Crippen LogP contribution >= 0.6 is 0 Å². The summed E-state index contributed by atoms with van der Waals surface area (Å²) in [5, 5.41) is 0. The summed E-state index contributed by atoms with van der Waals surface area (Å²) in [6.07, 6.45) is 10.7. The van der Waals surface area contributed by atoms with E-state index in [9.17, 15) is 0 Å². The summed E-state index contributed by atoms with van der Waals surface area (Å²) < 4.78 is 0. The molecule has 0 amide bonds. The van der Waals surface area contributed by atoms with E-state index in [-0.39, 0.29) is 6.04 Å². The molecule has 0 saturated heterocycles. The molecule has 1 nitrogen and oxygen atoms in total. The average Bonchev–Trinajstić information content (AvgIpc) is 2.35. The summed E-state index contributed by atoms with van der Waals surface area (Å²) >= 11 is 0. The second-order valence-corrected chi connectivity index (χ2v) is 4.60. The molecule has 1 aliphatic rings. The SMILES string of the molecule is C#CCCC(N)C1CCCc2ccccc21. The van der Waals surface area contributed by atoms with Crippen molar-refractivity contribution in [3.8, 4) is 12.3 Å². The molecule has 0 aliphatic heterocycles. The smallest absolute Gasteiger partial charge is 0.0117 e. The molecule has 84 valence electrons. The lowest BCUT2D eigenvalue weighted by molar-refractivity contribution is 0.445. The van der Waals surface area contributed by atoms with Crippen LogP contribution in [0.3, 0.4) is 0 Å². The monoisotopic (exact) mass is 213 g/mol. The van der Waals surface area contributed by atoms with E-state index in [4.69, 9.17) is 12.2 Å². The Morgan fingerprint density at radius 2 is 2.25 bits per heavy atom. The molecule has 0 bridgehead atoms. The van der Waals surface area contributed by atoms with E-state index < -0.39 is 0 Å². The van der Waals surface area contributed by atoms with Crippen LogP contribution in [-0.4, -0.2) is 6.04 Å². The highest BCUT2D eigenvalue weighted by molar-refractivity contribution is 5.33. The molecule has 1 aromatic rings. The van der Waals surface area contributed by atoms with Crippen molar-refractivity contribution in [3.63, 3.8) is 0 Å². The van der Waals surface area contributed by atoms with Gasteiger partial charge in [0.05, 0.1) is 0 Å². The first-order valence-electron chi connectivity index (χ1n) is 6.09. The van der Waals surface area contributed by atoms with E-state index in [0.29, 0.717) is 5.92 Å². The van der Waals surface area contributed by atoms with Gasteiger partial charge in [-0.25, -0.2) is 0 Å². The zero-order chi connectivity index (χ0) is 11.4. The fourth-order valence-corrected chi connectivity index (χ4v) is 2.69. The lowest BCUT2D eigenvalue weighted by Crippen LogP contribution is -2.30. The predicted octanol–water partition coefficient (Wildman–Crippen LogP) is 2.85. The minimum atomic E-state index is 0.220. The van der Waals surface area contributed by atoms with Crippen LogP contribution in [0, 0.1) is 12.3 Å². The van der Waals surface area contributed by atoms with E-state index in [1.54, 1.807) is 0 Å². The summed E-state index contributed by atoms with van der Waals surface area (Å²) in [6, 6.07) is 8.92. The minimum Gasteiger partial charge on any atom is -0.327 e. The summed E-state index contributed by atoms with van der Waals surface area (Å²) in [4.78, 5) is 0. The quantitative estimate of drug-likeness (QED) is 0.768. The molecule has 2 unspecified atom stereocenters. The van der Waals surface area contributed by atoms with Crippen molar-refractivity contribution >= 4 is 0 Å². The van der Waals surface area contributed by atoms with Crippen LogP contribution in [-0.2, 0) is 6.42 Å². The number of terminal acetylenes is 1. The van der Waals surface area contributed by atoms with E-state index in [0.717, 1.165) is 12.8 Å². The van der Waals surface area contributed by atoms with E-state index in [1.807, 2.05) is 0 Å². The maximum atomic E-state index is 6.25. The predicted molar refractivity (Wildman–Crippen MR) is 68.2 cm³/mol. The van der Waals surface area contributed by atoms with Crippen molar-refractivity contribution in [2.24, 2.45) is 5.73 Å². The number of benzene rings is 1. The molecule has 1 aromatic carbocycles. The lowest BCUT2D eigenvalue weighted by atomic mass is 9.78. The molecule has 1 heteroatoms. The van der Waals surface area contributed by atoms with Gasteiger partial charge in [-0.15, -0.1) is 12.3 Å². The summed E-state index contributed by atoms with van der Waals surface area (Å²) in [7, 11) is 0. The van der Waals surface area contributed by atoms with Gasteiger partial charge < -0.3 is 5.73 Å². The van der Waals surface area contributed by atoms with Crippen LogP contribution in [0.25, 0.3) is 0 Å². The Labute approximate surface area is 98.0 Å². The van der Waals surface area contributed by atoms with Crippen LogP contribution in [0.4, 0.5) is 0 Å². The van der Waals surface area contributed by atoms with Gasteiger partial charge in [-0.1, -0.05) is 24.3 Å². The molecule has 0 saturated carbocycles. The van der Waals surface area contributed by atoms with Crippen molar-refractivity contribution in [1.29, 1.82) is 0 Å². The third-order valence-electron chi connectivity index (χ3n) is 3.55. The van der Waals surface area contributed by atoms with Crippen molar-refractivity contribution in [1.82, 2.24) is 0 Å². The van der Waals surface area contributed by atoms with Crippen molar-refractivity contribution in [3.05, 3.63) is 35.4 Å². The first kappa shape index (κ1) is 11.2. The van der Waals surface area contributed by atoms with Crippen molar-refractivity contribution in [2.45, 2.75) is 44.1 Å². The van der Waals surface area contributed by atoms with Gasteiger partial charge in [0.15, 0.2) is 0 Å². The molecule has 0 aromatic heterocycles. The zero-order valence-electron chi connectivity index (χ0n) is 9.65. The van der Waals surface area contributed by atoms with Crippen LogP contribution < -0.4 is 5.73 Å². The second kappa shape index (κ2) is 5.18. The lowest BCUT2D eigenvalue weighted by Gasteiger charge is -2.30. The molecule has 0 radical (unpaired) electrons. The average molecular weight is 213 g/mol. The maximum Gasteiger partial charge on any atom is 0.0117 e. The second-order valence-electron chi connectivity index (χ2n) is 4.60. The molecule has 2 N–H and O–H groups in total. The van der Waals surface area contributed by atoms with E-state index >= 15 is 0 Å². The number of rotatable bonds is 3. The largest absolute Gasteiger partial charge is 0.327 e. The first-order chi connectivity index (χ1) is 7.83. The number of hydrogen-bond donors (Lipinski definition) is 1. The van der Waals surface area contributed by atoms with Gasteiger partial charge in [-0.05, 0) is 42.7 Å². The Kier molecular flexibility index (Phi) is 3.64. The molecule has 2 atom stereocenters. The molecular formula is C15H19N. The van der Waals surface area contributed by atoms with Gasteiger partial charge in [0.2, 0.25) is 0 Å². The number of nitrogens with two attached hydrogens (primary N) is 1. The molecule has 0 heterocycles. The van der Waals surface area contributed by atoms with Gasteiger partial charge in [0, 0.05) is 12.5 Å². The maximum absolute atomic E-state index is 6.25. The Balaban J connectivity index is 2.15. The fraction of sp³-hybridized carbons (Fsp3) is 0.467. The highest BCUT2D eigenvalue weighted by Crippen LogP contribution is 2.34. The molecular weight excluding hydrogens is 194 g/mol. The fourth-order valence-electron chi connectivity index (χ4n) is 2.69. The van der Waals surface area contributed by atoms with E-state index in [2.05, 4.69) is 30.2 Å². The Bertz CT molecular complexity index is 389. The first-order valence-corrected chi connectivity index (χ1v) is 6.09. The highest BCUT2D eigenvalue weighted by Gasteiger charge is 2.24. The molecule has 2 rings (SSSR count). The van der Waals surface area contributed by atoms with Gasteiger partial charge in [0.25, 0.3) is 0 Å². The summed E-state index contributed by atoms with van der Waals surface area (Å²) in [5.41, 5.74) is 9.19. The van der Waals surface area contributed by atoms with Gasteiger partial charge in [0.1, 0.15) is 0 Å². The molecule has 16 heavy (non-hydrogen) atoms. The van der Waals surface area contributed by atoms with E-state index in [1.165, 1.54) is 30.4 Å². The highest BCUT2D eigenvalue weighted by atomic mass is 14.6. The van der Waals surface area contributed by atoms with Crippen LogP contribution in [0.1, 0.15) is 42.7 Å². The normalized spacial score (nSPS) is 20.9. The third kappa shape index (κ3) is 2.28. The molecule has 0 spiro atoms. The Morgan fingerprint density at radius 1 is 1.44 bits per heavy atom. The van der Waals surface area contributed by atoms with Crippen molar-refractivity contribution in [2.75, 3.05) is 0 Å². The van der Waals surface area contributed by atoms with Gasteiger partial charge in [-0.2, -0.15) is 0 Å². The standard InChI is InChI=1S/C15H19N/c1-2-3-11-15(16)14-10-6-8-12-7-4-5-9-13(12)14/h1,4-5,7,9,14-15H,3,6,8,10-11,16H2.